The molecule has 134 valence electrons. The maximum absolute atomic E-state index is 10.4. The number of benzene rings is 1. The minimum absolute atomic E-state index is 0.342. The molecule has 1 aromatic carbocycles. The van der Waals surface area contributed by atoms with Gasteiger partial charge in [0.1, 0.15) is 12.4 Å². The summed E-state index contributed by atoms with van der Waals surface area (Å²) in [6.07, 6.45) is 7.69. The first-order valence-corrected chi connectivity index (χ1v) is 9.26. The van der Waals surface area contributed by atoms with Gasteiger partial charge in [-0.2, -0.15) is 0 Å². The van der Waals surface area contributed by atoms with Gasteiger partial charge in [-0.15, -0.1) is 0 Å². The highest BCUT2D eigenvalue weighted by atomic mass is 16.5. The van der Waals surface area contributed by atoms with Crippen LogP contribution >= 0.6 is 0 Å². The van der Waals surface area contributed by atoms with Crippen LogP contribution in [0, 0.1) is 0 Å². The summed E-state index contributed by atoms with van der Waals surface area (Å²) in [5.74, 6) is 0.792. The number of aliphatic hydroxyl groups is 1. The molecule has 0 saturated heterocycles. The Morgan fingerprint density at radius 3 is 2.42 bits per heavy atom. The molecule has 2 rings (SSSR count). The van der Waals surface area contributed by atoms with Crippen LogP contribution in [0.4, 0.5) is 0 Å². The third-order valence-electron chi connectivity index (χ3n) is 4.14. The van der Waals surface area contributed by atoms with E-state index in [-0.39, 0.29) is 0 Å². The zero-order valence-corrected chi connectivity index (χ0v) is 15.9. The lowest BCUT2D eigenvalue weighted by atomic mass is 9.96. The summed E-state index contributed by atoms with van der Waals surface area (Å²) in [6.45, 7) is 10.5. The van der Waals surface area contributed by atoms with Crippen LogP contribution in [0.1, 0.15) is 65.9 Å². The molecular weight excluding hydrogens is 298 g/mol. The van der Waals surface area contributed by atoms with Crippen molar-refractivity contribution in [1.29, 1.82) is 0 Å². The van der Waals surface area contributed by atoms with Crippen LogP contribution in [0.5, 0.6) is 5.75 Å². The highest BCUT2D eigenvalue weighted by Gasteiger charge is 2.24. The lowest BCUT2D eigenvalue weighted by Crippen LogP contribution is -2.35. The molecule has 1 N–H and O–H groups in total. The van der Waals surface area contributed by atoms with Gasteiger partial charge in [0.2, 0.25) is 0 Å². The van der Waals surface area contributed by atoms with Crippen molar-refractivity contribution in [2.75, 3.05) is 6.61 Å². The van der Waals surface area contributed by atoms with E-state index < -0.39 is 5.60 Å². The molecule has 3 nitrogen and oxygen atoms in total. The lowest BCUT2D eigenvalue weighted by molar-refractivity contribution is -0.0158. The topological polar surface area (TPSA) is 41.8 Å². The Hall–Kier alpha value is -1.61. The van der Waals surface area contributed by atoms with Crippen molar-refractivity contribution in [2.45, 2.75) is 71.9 Å². The number of rotatable bonds is 7. The highest BCUT2D eigenvalue weighted by molar-refractivity contribution is 6.09. The van der Waals surface area contributed by atoms with Crippen LogP contribution in [0.25, 0.3) is 0 Å². The second-order valence-corrected chi connectivity index (χ2v) is 6.14. The SMILES string of the molecule is CC.CCCC(O)(CC)COc1ccc(C2=NC(C)CC=C2)cc1. The number of nitrogens with zero attached hydrogens (tertiary/aromatic N) is 1. The summed E-state index contributed by atoms with van der Waals surface area (Å²) in [5, 5.41) is 10.4. The maximum atomic E-state index is 10.4. The Balaban J connectivity index is 0.00000139. The number of allylic oxidation sites excluding steroid dienone is 1. The largest absolute Gasteiger partial charge is 0.491 e. The molecular formula is C21H33NO2. The Morgan fingerprint density at radius 1 is 1.21 bits per heavy atom. The Kier molecular flexibility index (Phi) is 8.77. The summed E-state index contributed by atoms with van der Waals surface area (Å²) in [5.41, 5.74) is 1.41. The monoisotopic (exact) mass is 331 g/mol. The number of dihydropyridines is 1. The van der Waals surface area contributed by atoms with Crippen molar-refractivity contribution >= 4 is 5.71 Å². The van der Waals surface area contributed by atoms with Crippen LogP contribution in [0.15, 0.2) is 41.4 Å². The van der Waals surface area contributed by atoms with Gasteiger partial charge in [0, 0.05) is 0 Å². The maximum Gasteiger partial charge on any atom is 0.119 e. The summed E-state index contributed by atoms with van der Waals surface area (Å²) in [6, 6.07) is 8.31. The molecule has 1 aromatic rings. The van der Waals surface area contributed by atoms with E-state index in [1.165, 1.54) is 0 Å². The van der Waals surface area contributed by atoms with Crippen LogP contribution in [0.3, 0.4) is 0 Å². The number of ether oxygens (including phenoxy) is 1. The molecule has 0 amide bonds. The fourth-order valence-corrected chi connectivity index (χ4v) is 2.64. The number of hydrogen-bond acceptors (Lipinski definition) is 3. The summed E-state index contributed by atoms with van der Waals surface area (Å²) in [4.78, 5) is 4.65. The second-order valence-electron chi connectivity index (χ2n) is 6.14. The first kappa shape index (κ1) is 20.4. The molecule has 0 saturated carbocycles. The van der Waals surface area contributed by atoms with E-state index >= 15 is 0 Å². The first-order valence-electron chi connectivity index (χ1n) is 9.26. The molecule has 1 heterocycles. The van der Waals surface area contributed by atoms with Gasteiger partial charge in [0.05, 0.1) is 17.4 Å². The Morgan fingerprint density at radius 2 is 1.88 bits per heavy atom. The van der Waals surface area contributed by atoms with Crippen molar-refractivity contribution in [2.24, 2.45) is 4.99 Å². The molecule has 1 aliphatic rings. The van der Waals surface area contributed by atoms with E-state index in [2.05, 4.69) is 31.0 Å². The smallest absolute Gasteiger partial charge is 0.119 e. The van der Waals surface area contributed by atoms with Crippen LogP contribution < -0.4 is 4.74 Å². The van der Waals surface area contributed by atoms with Gasteiger partial charge < -0.3 is 9.84 Å². The Labute approximate surface area is 147 Å². The summed E-state index contributed by atoms with van der Waals surface area (Å²) < 4.78 is 5.77. The zero-order valence-electron chi connectivity index (χ0n) is 15.9. The van der Waals surface area contributed by atoms with E-state index in [4.69, 9.17) is 4.74 Å². The van der Waals surface area contributed by atoms with Gasteiger partial charge >= 0.3 is 0 Å². The molecule has 0 aliphatic carbocycles. The first-order chi connectivity index (χ1) is 11.6. The van der Waals surface area contributed by atoms with Crippen molar-refractivity contribution in [3.05, 3.63) is 42.0 Å². The quantitative estimate of drug-likeness (QED) is 0.749. The molecule has 1 aliphatic heterocycles. The number of aliphatic imine (C=N–C) groups is 1. The highest BCUT2D eigenvalue weighted by Crippen LogP contribution is 2.21. The summed E-state index contributed by atoms with van der Waals surface area (Å²) in [7, 11) is 0. The Bertz CT molecular complexity index is 533. The van der Waals surface area contributed by atoms with Gasteiger partial charge in [-0.1, -0.05) is 40.2 Å². The van der Waals surface area contributed by atoms with Gasteiger partial charge in [0.15, 0.2) is 0 Å². The third-order valence-corrected chi connectivity index (χ3v) is 4.14. The van der Waals surface area contributed by atoms with E-state index in [0.29, 0.717) is 19.1 Å². The normalized spacial score (nSPS) is 18.9. The van der Waals surface area contributed by atoms with Crippen LogP contribution in [-0.4, -0.2) is 29.1 Å². The van der Waals surface area contributed by atoms with Gasteiger partial charge in [-0.25, -0.2) is 0 Å². The number of hydrogen-bond donors (Lipinski definition) is 1. The van der Waals surface area contributed by atoms with E-state index in [0.717, 1.165) is 36.3 Å². The molecule has 0 spiro atoms. The predicted octanol–water partition coefficient (Wildman–Crippen LogP) is 5.17. The fourth-order valence-electron chi connectivity index (χ4n) is 2.64. The molecule has 2 atom stereocenters. The van der Waals surface area contributed by atoms with E-state index in [9.17, 15) is 5.11 Å². The van der Waals surface area contributed by atoms with Crippen molar-refractivity contribution < 1.29 is 9.84 Å². The zero-order chi connectivity index (χ0) is 18.0. The van der Waals surface area contributed by atoms with Crippen LogP contribution in [-0.2, 0) is 0 Å². The lowest BCUT2D eigenvalue weighted by Gasteiger charge is -2.26. The van der Waals surface area contributed by atoms with Crippen molar-refractivity contribution in [1.82, 2.24) is 0 Å². The minimum Gasteiger partial charge on any atom is -0.491 e. The molecule has 0 bridgehead atoms. The van der Waals surface area contributed by atoms with E-state index in [1.807, 2.05) is 45.0 Å². The van der Waals surface area contributed by atoms with Crippen LogP contribution in [0.2, 0.25) is 0 Å². The molecule has 0 fully saturated rings. The van der Waals surface area contributed by atoms with Gasteiger partial charge in [-0.3, -0.25) is 4.99 Å². The standard InChI is InChI=1S/C19H27NO2.C2H6/c1-4-13-19(21,5-2)14-22-17-11-9-16(10-12-17)18-8-6-7-15(3)20-18;1-2/h6,8-12,15,21H,4-5,7,13-14H2,1-3H3;1-2H3. The van der Waals surface area contributed by atoms with Gasteiger partial charge in [0.25, 0.3) is 0 Å². The van der Waals surface area contributed by atoms with Crippen molar-refractivity contribution in [3.63, 3.8) is 0 Å². The average Bonchev–Trinajstić information content (AvgIpc) is 2.62. The van der Waals surface area contributed by atoms with Crippen molar-refractivity contribution in [3.8, 4) is 5.75 Å². The minimum atomic E-state index is -0.723. The molecule has 0 aromatic heterocycles. The predicted molar refractivity (Wildman–Crippen MR) is 103 cm³/mol. The third kappa shape index (κ3) is 6.12. The average molecular weight is 332 g/mol. The molecule has 3 heteroatoms. The van der Waals surface area contributed by atoms with E-state index in [1.54, 1.807) is 0 Å². The summed E-state index contributed by atoms with van der Waals surface area (Å²) >= 11 is 0. The van der Waals surface area contributed by atoms with Gasteiger partial charge in [-0.05, 0) is 62.1 Å². The second kappa shape index (κ2) is 10.3. The molecule has 0 radical (unpaired) electrons. The fraction of sp³-hybridized carbons (Fsp3) is 0.571. The molecule has 2 unspecified atom stereocenters. The molecule has 24 heavy (non-hydrogen) atoms.